The van der Waals surface area contributed by atoms with E-state index in [0.29, 0.717) is 25.7 Å². The molecule has 1 aromatic carbocycles. The van der Waals surface area contributed by atoms with Crippen molar-refractivity contribution in [1.82, 2.24) is 0 Å². The SMILES string of the molecule is CCC(CC)(Cc1cc2cc(C)ccc2o1)C(=O)OCC1C/C(=C\CC2(C)CC3CC(C)CC(C3)C2)C(=O)O1. The highest BCUT2D eigenvalue weighted by Crippen LogP contribution is 2.52. The molecule has 3 fully saturated rings. The Bertz CT molecular complexity index is 1210. The minimum Gasteiger partial charge on any atom is -0.461 e. The number of carbonyl (C=O) groups excluding carboxylic acids is 2. The molecule has 5 heteroatoms. The van der Waals surface area contributed by atoms with Gasteiger partial charge < -0.3 is 13.9 Å². The largest absolute Gasteiger partial charge is 0.461 e. The van der Waals surface area contributed by atoms with Gasteiger partial charge in [-0.15, -0.1) is 0 Å². The third-order valence-corrected chi connectivity index (χ3v) is 9.95. The first-order valence-corrected chi connectivity index (χ1v) is 15.2. The molecule has 2 aromatic rings. The Morgan fingerprint density at radius 3 is 2.54 bits per heavy atom. The molecule has 0 radical (unpaired) electrons. The molecule has 0 amide bonds. The van der Waals surface area contributed by atoms with Crippen molar-refractivity contribution in [3.63, 3.8) is 0 Å². The number of hydrogen-bond acceptors (Lipinski definition) is 5. The second-order valence-electron chi connectivity index (χ2n) is 13.4. The predicted molar refractivity (Wildman–Crippen MR) is 153 cm³/mol. The second kappa shape index (κ2) is 11.1. The van der Waals surface area contributed by atoms with Gasteiger partial charge in [0.05, 0.1) is 5.41 Å². The molecule has 2 aliphatic carbocycles. The van der Waals surface area contributed by atoms with Gasteiger partial charge >= 0.3 is 11.9 Å². The molecule has 2 saturated carbocycles. The number of hydrogen-bond donors (Lipinski definition) is 0. The lowest BCUT2D eigenvalue weighted by Gasteiger charge is -2.47. The molecule has 1 saturated heterocycles. The lowest BCUT2D eigenvalue weighted by Crippen LogP contribution is -2.36. The van der Waals surface area contributed by atoms with Crippen LogP contribution in [-0.4, -0.2) is 24.6 Å². The summed E-state index contributed by atoms with van der Waals surface area (Å²) in [6, 6.07) is 8.14. The summed E-state index contributed by atoms with van der Waals surface area (Å²) in [6.45, 7) is 11.0. The zero-order chi connectivity index (χ0) is 27.8. The highest BCUT2D eigenvalue weighted by atomic mass is 16.6. The first kappa shape index (κ1) is 28.0. The van der Waals surface area contributed by atoms with Crippen molar-refractivity contribution in [3.05, 3.63) is 47.2 Å². The summed E-state index contributed by atoms with van der Waals surface area (Å²) in [5.41, 5.74) is 2.35. The van der Waals surface area contributed by atoms with Crippen molar-refractivity contribution in [2.24, 2.45) is 28.6 Å². The first-order valence-electron chi connectivity index (χ1n) is 15.2. The first-order chi connectivity index (χ1) is 18.6. The molecule has 1 aromatic heterocycles. The van der Waals surface area contributed by atoms with E-state index in [-0.39, 0.29) is 24.0 Å². The van der Waals surface area contributed by atoms with Crippen molar-refractivity contribution in [2.75, 3.05) is 6.61 Å². The fourth-order valence-electron chi connectivity index (χ4n) is 7.92. The van der Waals surface area contributed by atoms with Crippen molar-refractivity contribution in [2.45, 2.75) is 105 Å². The number of carbonyl (C=O) groups is 2. The van der Waals surface area contributed by atoms with Crippen LogP contribution in [-0.2, 0) is 25.5 Å². The number of allylic oxidation sites excluding steroid dienone is 1. The van der Waals surface area contributed by atoms with E-state index >= 15 is 0 Å². The zero-order valence-electron chi connectivity index (χ0n) is 24.5. The van der Waals surface area contributed by atoms with Crippen molar-refractivity contribution < 1.29 is 23.5 Å². The van der Waals surface area contributed by atoms with Gasteiger partial charge in [-0.25, -0.2) is 4.79 Å². The average molecular weight is 535 g/mol. The lowest BCUT2D eigenvalue weighted by molar-refractivity contribution is -0.162. The van der Waals surface area contributed by atoms with Crippen LogP contribution in [0.5, 0.6) is 0 Å². The Hall–Kier alpha value is -2.56. The number of fused-ring (bicyclic) bond motifs is 3. The van der Waals surface area contributed by atoms with E-state index in [9.17, 15) is 9.59 Å². The fraction of sp³-hybridized carbons (Fsp3) is 0.647. The minimum absolute atomic E-state index is 0.0995. The lowest BCUT2D eigenvalue weighted by atomic mass is 9.58. The normalized spacial score (nSPS) is 30.1. The smallest absolute Gasteiger partial charge is 0.334 e. The number of furan rings is 1. The molecule has 5 rings (SSSR count). The van der Waals surface area contributed by atoms with E-state index in [2.05, 4.69) is 32.9 Å². The Morgan fingerprint density at radius 1 is 1.13 bits per heavy atom. The van der Waals surface area contributed by atoms with E-state index in [1.807, 2.05) is 32.0 Å². The Labute approximate surface area is 233 Å². The Kier molecular flexibility index (Phi) is 7.99. The molecule has 3 atom stereocenters. The molecule has 1 aliphatic heterocycles. The molecule has 0 spiro atoms. The van der Waals surface area contributed by atoms with Crippen LogP contribution in [0.15, 0.2) is 40.3 Å². The Balaban J connectivity index is 1.17. The number of cyclic esters (lactones) is 1. The summed E-state index contributed by atoms with van der Waals surface area (Å²) in [5.74, 6) is 2.82. The van der Waals surface area contributed by atoms with Gasteiger partial charge in [0.15, 0.2) is 0 Å². The van der Waals surface area contributed by atoms with Crippen LogP contribution in [0.1, 0.15) is 96.8 Å². The minimum atomic E-state index is -0.671. The van der Waals surface area contributed by atoms with Gasteiger partial charge in [-0.2, -0.15) is 0 Å². The topological polar surface area (TPSA) is 65.7 Å². The molecule has 2 heterocycles. The average Bonchev–Trinajstić information content (AvgIpc) is 3.45. The quantitative estimate of drug-likeness (QED) is 0.240. The van der Waals surface area contributed by atoms with Crippen LogP contribution >= 0.6 is 0 Å². The van der Waals surface area contributed by atoms with Crippen LogP contribution in [0, 0.1) is 35.5 Å². The second-order valence-corrected chi connectivity index (χ2v) is 13.4. The van der Waals surface area contributed by atoms with E-state index < -0.39 is 11.5 Å². The highest BCUT2D eigenvalue weighted by Gasteiger charge is 2.42. The highest BCUT2D eigenvalue weighted by molar-refractivity contribution is 5.90. The molecule has 3 unspecified atom stereocenters. The maximum atomic E-state index is 13.4. The third-order valence-electron chi connectivity index (χ3n) is 9.95. The summed E-state index contributed by atoms with van der Waals surface area (Å²) < 4.78 is 17.5. The molecule has 2 bridgehead atoms. The number of benzene rings is 1. The molecule has 39 heavy (non-hydrogen) atoms. The molecule has 5 nitrogen and oxygen atoms in total. The standard InChI is InChI=1S/C34H46O5/c1-6-34(7-2,20-28-17-27-14-22(3)8-9-30(27)38-28)32(36)37-21-29-16-26(31(35)39-29)10-11-33(5)18-24-12-23(4)13-25(15-24)19-33/h8-10,14,17,23-25,29H,6-7,11-13,15-16,18-21H2,1-5H3/b26-10+. The monoisotopic (exact) mass is 534 g/mol. The molecule has 212 valence electrons. The summed E-state index contributed by atoms with van der Waals surface area (Å²) >= 11 is 0. The van der Waals surface area contributed by atoms with Gasteiger partial charge in [0.1, 0.15) is 24.1 Å². The summed E-state index contributed by atoms with van der Waals surface area (Å²) in [5, 5.41) is 1.05. The van der Waals surface area contributed by atoms with Gasteiger partial charge in [0.2, 0.25) is 0 Å². The van der Waals surface area contributed by atoms with Gasteiger partial charge in [-0.05, 0) is 99.7 Å². The van der Waals surface area contributed by atoms with Crippen LogP contribution in [0.25, 0.3) is 11.0 Å². The fourth-order valence-corrected chi connectivity index (χ4v) is 7.92. The van der Waals surface area contributed by atoms with Crippen LogP contribution in [0.3, 0.4) is 0 Å². The van der Waals surface area contributed by atoms with Crippen LogP contribution in [0.4, 0.5) is 0 Å². The third kappa shape index (κ3) is 6.12. The Morgan fingerprint density at radius 2 is 1.85 bits per heavy atom. The van der Waals surface area contributed by atoms with Gasteiger partial charge in [-0.1, -0.05) is 45.4 Å². The molecular formula is C34H46O5. The van der Waals surface area contributed by atoms with E-state index in [4.69, 9.17) is 13.9 Å². The van der Waals surface area contributed by atoms with Crippen LogP contribution < -0.4 is 0 Å². The maximum Gasteiger partial charge on any atom is 0.334 e. The van der Waals surface area contributed by atoms with Crippen molar-refractivity contribution in [1.29, 1.82) is 0 Å². The van der Waals surface area contributed by atoms with Gasteiger partial charge in [0, 0.05) is 23.8 Å². The summed E-state index contributed by atoms with van der Waals surface area (Å²) in [4.78, 5) is 26.1. The number of rotatable bonds is 9. The van der Waals surface area contributed by atoms with Crippen LogP contribution in [0.2, 0.25) is 0 Å². The van der Waals surface area contributed by atoms with Crippen molar-refractivity contribution in [3.8, 4) is 0 Å². The van der Waals surface area contributed by atoms with E-state index in [0.717, 1.165) is 46.5 Å². The van der Waals surface area contributed by atoms with Crippen molar-refractivity contribution >= 4 is 22.9 Å². The van der Waals surface area contributed by atoms with E-state index in [1.54, 1.807) is 0 Å². The molecular weight excluding hydrogens is 488 g/mol. The number of aryl methyl sites for hydroxylation is 1. The number of esters is 2. The zero-order valence-corrected chi connectivity index (χ0v) is 24.5. The van der Waals surface area contributed by atoms with Gasteiger partial charge in [0.25, 0.3) is 0 Å². The number of ether oxygens (including phenoxy) is 2. The summed E-state index contributed by atoms with van der Waals surface area (Å²) in [7, 11) is 0. The van der Waals surface area contributed by atoms with Gasteiger partial charge in [-0.3, -0.25) is 4.79 Å². The summed E-state index contributed by atoms with van der Waals surface area (Å²) in [6.07, 6.45) is 11.5. The van der Waals surface area contributed by atoms with E-state index in [1.165, 1.54) is 37.7 Å². The molecule has 3 aliphatic rings. The molecule has 0 N–H and O–H groups in total. The predicted octanol–water partition coefficient (Wildman–Crippen LogP) is 8.12. The maximum absolute atomic E-state index is 13.4.